The average molecular weight is 303 g/mol. The van der Waals surface area contributed by atoms with Crippen LogP contribution in [-0.4, -0.2) is 38.3 Å². The van der Waals surface area contributed by atoms with Crippen molar-refractivity contribution in [1.82, 2.24) is 5.32 Å². The van der Waals surface area contributed by atoms with E-state index in [1.54, 1.807) is 0 Å². The van der Waals surface area contributed by atoms with Crippen LogP contribution in [0.2, 0.25) is 0 Å². The molecule has 0 aromatic heterocycles. The minimum Gasteiger partial charge on any atom is -0.370 e. The van der Waals surface area contributed by atoms with Crippen molar-refractivity contribution in [2.75, 3.05) is 26.3 Å². The zero-order valence-electron chi connectivity index (χ0n) is 13.4. The Morgan fingerprint density at radius 2 is 1.82 bits per heavy atom. The van der Waals surface area contributed by atoms with Crippen LogP contribution in [0, 0.1) is 6.92 Å². The summed E-state index contributed by atoms with van der Waals surface area (Å²) >= 11 is 0. The zero-order chi connectivity index (χ0) is 15.4. The summed E-state index contributed by atoms with van der Waals surface area (Å²) in [7, 11) is 0. The molecule has 1 unspecified atom stereocenters. The molecule has 2 fully saturated rings. The quantitative estimate of drug-likeness (QED) is 0.872. The highest BCUT2D eigenvalue weighted by Gasteiger charge is 2.34. The monoisotopic (exact) mass is 303 g/mol. The molecular weight excluding hydrogens is 276 g/mol. The number of aryl methyl sites for hydroxylation is 1. The van der Waals surface area contributed by atoms with Gasteiger partial charge >= 0.3 is 0 Å². The van der Waals surface area contributed by atoms with Crippen LogP contribution in [0.3, 0.4) is 0 Å². The van der Waals surface area contributed by atoms with Gasteiger partial charge in [-0.15, -0.1) is 0 Å². The minimum absolute atomic E-state index is 0.106. The molecule has 4 heteroatoms. The van der Waals surface area contributed by atoms with Gasteiger partial charge in [-0.2, -0.15) is 0 Å². The van der Waals surface area contributed by atoms with Crippen molar-refractivity contribution in [3.8, 4) is 0 Å². The molecule has 4 nitrogen and oxygen atoms in total. The number of carbonyl (C=O) groups is 1. The highest BCUT2D eigenvalue weighted by Crippen LogP contribution is 2.19. The zero-order valence-corrected chi connectivity index (χ0v) is 13.4. The van der Waals surface area contributed by atoms with Crippen LogP contribution in [-0.2, 0) is 9.53 Å². The van der Waals surface area contributed by atoms with Crippen LogP contribution in [0.5, 0.6) is 0 Å². The Kier molecular flexibility index (Phi) is 5.11. The lowest BCUT2D eigenvalue weighted by Gasteiger charge is -2.31. The lowest BCUT2D eigenvalue weighted by atomic mass is 10.0. The third-order valence-electron chi connectivity index (χ3n) is 4.92. The first kappa shape index (κ1) is 15.5. The number of quaternary nitrogens is 1. The lowest BCUT2D eigenvalue weighted by Crippen LogP contribution is -3.15. The Morgan fingerprint density at radius 1 is 1.18 bits per heavy atom. The van der Waals surface area contributed by atoms with E-state index in [1.165, 1.54) is 23.3 Å². The van der Waals surface area contributed by atoms with E-state index < -0.39 is 0 Å². The number of morpholine rings is 1. The Morgan fingerprint density at radius 3 is 2.45 bits per heavy atom. The van der Waals surface area contributed by atoms with Gasteiger partial charge in [-0.25, -0.2) is 0 Å². The van der Waals surface area contributed by atoms with Crippen molar-refractivity contribution in [3.63, 3.8) is 0 Å². The van der Waals surface area contributed by atoms with E-state index in [0.717, 1.165) is 44.7 Å². The SMILES string of the molecule is Cc1ccc(C(C(=O)NC2CCCC2)[NH+]2CCOCC2)cc1. The van der Waals surface area contributed by atoms with E-state index in [-0.39, 0.29) is 11.9 Å². The standard InChI is InChI=1S/C18H26N2O2/c1-14-6-8-15(9-7-14)17(20-10-12-22-13-11-20)18(21)19-16-4-2-3-5-16/h6-9,16-17H,2-5,10-13H2,1H3,(H,19,21)/p+1. The van der Waals surface area contributed by atoms with Gasteiger partial charge in [0, 0.05) is 11.6 Å². The highest BCUT2D eigenvalue weighted by molar-refractivity contribution is 5.82. The van der Waals surface area contributed by atoms with Gasteiger partial charge in [-0.05, 0) is 19.8 Å². The fourth-order valence-corrected chi connectivity index (χ4v) is 3.61. The van der Waals surface area contributed by atoms with Gasteiger partial charge in [0.15, 0.2) is 6.04 Å². The molecule has 2 aliphatic rings. The molecule has 1 aliphatic carbocycles. The second-order valence-electron chi connectivity index (χ2n) is 6.60. The first-order valence-electron chi connectivity index (χ1n) is 8.53. The van der Waals surface area contributed by atoms with E-state index in [1.807, 2.05) is 0 Å². The molecule has 1 aliphatic heterocycles. The summed E-state index contributed by atoms with van der Waals surface area (Å²) in [4.78, 5) is 14.2. The molecule has 2 N–H and O–H groups in total. The maximum atomic E-state index is 12.9. The maximum Gasteiger partial charge on any atom is 0.283 e. The summed E-state index contributed by atoms with van der Waals surface area (Å²) in [5.41, 5.74) is 2.36. The third kappa shape index (κ3) is 3.68. The van der Waals surface area contributed by atoms with E-state index >= 15 is 0 Å². The molecule has 1 aromatic carbocycles. The maximum absolute atomic E-state index is 12.9. The lowest BCUT2D eigenvalue weighted by molar-refractivity contribution is -0.929. The Bertz CT molecular complexity index is 488. The Balaban J connectivity index is 1.77. The summed E-state index contributed by atoms with van der Waals surface area (Å²) in [5, 5.41) is 3.29. The van der Waals surface area contributed by atoms with Crippen LogP contribution in [0.1, 0.15) is 42.9 Å². The van der Waals surface area contributed by atoms with Gasteiger partial charge in [-0.1, -0.05) is 42.7 Å². The number of ether oxygens (including phenoxy) is 1. The van der Waals surface area contributed by atoms with Crippen molar-refractivity contribution >= 4 is 5.91 Å². The van der Waals surface area contributed by atoms with Crippen LogP contribution >= 0.6 is 0 Å². The van der Waals surface area contributed by atoms with Gasteiger partial charge in [0.25, 0.3) is 5.91 Å². The first-order valence-corrected chi connectivity index (χ1v) is 8.53. The minimum atomic E-state index is -0.106. The molecule has 1 saturated heterocycles. The van der Waals surface area contributed by atoms with E-state index in [4.69, 9.17) is 4.74 Å². The smallest absolute Gasteiger partial charge is 0.283 e. The van der Waals surface area contributed by atoms with E-state index in [0.29, 0.717) is 6.04 Å². The van der Waals surface area contributed by atoms with Crippen molar-refractivity contribution in [2.45, 2.75) is 44.7 Å². The molecule has 22 heavy (non-hydrogen) atoms. The Hall–Kier alpha value is -1.39. The van der Waals surface area contributed by atoms with Crippen molar-refractivity contribution < 1.29 is 14.4 Å². The summed E-state index contributed by atoms with van der Waals surface area (Å²) < 4.78 is 5.47. The molecule has 0 spiro atoms. The number of amides is 1. The van der Waals surface area contributed by atoms with Gasteiger partial charge in [0.1, 0.15) is 13.1 Å². The molecule has 1 saturated carbocycles. The first-order chi connectivity index (χ1) is 10.7. The summed E-state index contributed by atoms with van der Waals surface area (Å²) in [6.45, 7) is 5.37. The molecule has 1 heterocycles. The molecular formula is C18H27N2O2+. The molecule has 120 valence electrons. The van der Waals surface area contributed by atoms with Crippen LogP contribution in [0.15, 0.2) is 24.3 Å². The van der Waals surface area contributed by atoms with Crippen LogP contribution in [0.4, 0.5) is 0 Å². The number of nitrogens with one attached hydrogen (secondary N) is 2. The number of hydrogen-bond acceptors (Lipinski definition) is 2. The van der Waals surface area contributed by atoms with Crippen LogP contribution < -0.4 is 10.2 Å². The number of hydrogen-bond donors (Lipinski definition) is 2. The van der Waals surface area contributed by atoms with E-state index in [9.17, 15) is 4.79 Å². The van der Waals surface area contributed by atoms with Crippen molar-refractivity contribution in [3.05, 3.63) is 35.4 Å². The topological polar surface area (TPSA) is 42.8 Å². The second-order valence-corrected chi connectivity index (χ2v) is 6.60. The van der Waals surface area contributed by atoms with Gasteiger partial charge < -0.3 is 15.0 Å². The van der Waals surface area contributed by atoms with Gasteiger partial charge in [-0.3, -0.25) is 4.79 Å². The fraction of sp³-hybridized carbons (Fsp3) is 0.611. The van der Waals surface area contributed by atoms with Crippen molar-refractivity contribution in [1.29, 1.82) is 0 Å². The predicted octanol–water partition coefficient (Wildman–Crippen LogP) is 1.01. The largest absolute Gasteiger partial charge is 0.370 e. The normalized spacial score (nSPS) is 21.7. The predicted molar refractivity (Wildman–Crippen MR) is 85.8 cm³/mol. The van der Waals surface area contributed by atoms with Gasteiger partial charge in [0.2, 0.25) is 0 Å². The summed E-state index contributed by atoms with van der Waals surface area (Å²) in [5.74, 6) is 0.188. The van der Waals surface area contributed by atoms with Crippen molar-refractivity contribution in [2.24, 2.45) is 0 Å². The molecule has 3 rings (SSSR count). The molecule has 1 amide bonds. The highest BCUT2D eigenvalue weighted by atomic mass is 16.5. The average Bonchev–Trinajstić information content (AvgIpc) is 3.03. The molecule has 0 bridgehead atoms. The number of carbonyl (C=O) groups excluding carboxylic acids is 1. The van der Waals surface area contributed by atoms with Crippen LogP contribution in [0.25, 0.3) is 0 Å². The number of rotatable bonds is 4. The number of benzene rings is 1. The molecule has 0 radical (unpaired) electrons. The third-order valence-corrected chi connectivity index (χ3v) is 4.92. The Labute approximate surface area is 132 Å². The summed E-state index contributed by atoms with van der Waals surface area (Å²) in [6.07, 6.45) is 4.74. The molecule has 1 atom stereocenters. The fourth-order valence-electron chi connectivity index (χ4n) is 3.61. The summed E-state index contributed by atoms with van der Waals surface area (Å²) in [6, 6.07) is 8.69. The van der Waals surface area contributed by atoms with E-state index in [2.05, 4.69) is 36.5 Å². The second kappa shape index (κ2) is 7.25. The van der Waals surface area contributed by atoms with Gasteiger partial charge in [0.05, 0.1) is 13.2 Å². The molecule has 1 aromatic rings.